The van der Waals surface area contributed by atoms with Gasteiger partial charge in [-0.15, -0.1) is 0 Å². The highest BCUT2D eigenvalue weighted by Gasteiger charge is 1.91. The first kappa shape index (κ1) is 11.0. The van der Waals surface area contributed by atoms with Gasteiger partial charge in [0, 0.05) is 6.08 Å². The van der Waals surface area contributed by atoms with Gasteiger partial charge in [0.05, 0.1) is 0 Å². The molecule has 0 aromatic heterocycles. The van der Waals surface area contributed by atoms with Gasteiger partial charge in [0.15, 0.2) is 0 Å². The first-order valence-corrected chi connectivity index (χ1v) is 4.25. The SMILES string of the molecule is C=CCOC(=O)C=CCCCC. The van der Waals surface area contributed by atoms with Crippen molar-refractivity contribution < 1.29 is 9.53 Å². The van der Waals surface area contributed by atoms with Crippen LogP contribution in [0.2, 0.25) is 0 Å². The lowest BCUT2D eigenvalue weighted by Crippen LogP contribution is -1.99. The summed E-state index contributed by atoms with van der Waals surface area (Å²) in [4.78, 5) is 10.8. The average Bonchev–Trinajstić information content (AvgIpc) is 2.09. The third-order valence-corrected chi connectivity index (χ3v) is 1.32. The van der Waals surface area contributed by atoms with Gasteiger partial charge in [0.25, 0.3) is 0 Å². The van der Waals surface area contributed by atoms with Crippen LogP contribution in [0.25, 0.3) is 0 Å². The molecule has 0 aromatic rings. The molecule has 0 radical (unpaired) electrons. The molecule has 0 atom stereocenters. The van der Waals surface area contributed by atoms with Gasteiger partial charge in [-0.2, -0.15) is 0 Å². The van der Waals surface area contributed by atoms with Crippen LogP contribution in [0.4, 0.5) is 0 Å². The van der Waals surface area contributed by atoms with Crippen molar-refractivity contribution >= 4 is 5.97 Å². The molecule has 0 amide bonds. The summed E-state index contributed by atoms with van der Waals surface area (Å²) in [6, 6.07) is 0. The molecule has 0 aliphatic rings. The maximum atomic E-state index is 10.8. The number of hydrogen-bond donors (Lipinski definition) is 0. The second kappa shape index (κ2) is 8.05. The fraction of sp³-hybridized carbons (Fsp3) is 0.500. The Labute approximate surface area is 73.9 Å². The first-order chi connectivity index (χ1) is 5.81. The lowest BCUT2D eigenvalue weighted by atomic mass is 10.2. The van der Waals surface area contributed by atoms with E-state index in [0.717, 1.165) is 19.3 Å². The van der Waals surface area contributed by atoms with Gasteiger partial charge < -0.3 is 4.74 Å². The monoisotopic (exact) mass is 168 g/mol. The maximum absolute atomic E-state index is 10.8. The zero-order chi connectivity index (χ0) is 9.23. The minimum atomic E-state index is -0.286. The van der Waals surface area contributed by atoms with Crippen molar-refractivity contribution in [1.29, 1.82) is 0 Å². The summed E-state index contributed by atoms with van der Waals surface area (Å²) in [5.41, 5.74) is 0. The minimum absolute atomic E-state index is 0.286. The van der Waals surface area contributed by atoms with Gasteiger partial charge in [-0.25, -0.2) is 4.79 Å². The lowest BCUT2D eigenvalue weighted by Gasteiger charge is -1.94. The molecule has 0 saturated heterocycles. The van der Waals surface area contributed by atoms with E-state index in [0.29, 0.717) is 0 Å². The number of esters is 1. The Hall–Kier alpha value is -1.05. The number of rotatable bonds is 6. The van der Waals surface area contributed by atoms with Crippen LogP contribution in [0.3, 0.4) is 0 Å². The van der Waals surface area contributed by atoms with Crippen LogP contribution in [-0.2, 0) is 9.53 Å². The molecule has 12 heavy (non-hydrogen) atoms. The van der Waals surface area contributed by atoms with Gasteiger partial charge in [0.1, 0.15) is 6.61 Å². The number of carbonyl (C=O) groups is 1. The van der Waals surface area contributed by atoms with Gasteiger partial charge in [-0.05, 0) is 6.42 Å². The van der Waals surface area contributed by atoms with Crippen molar-refractivity contribution in [2.24, 2.45) is 0 Å². The molecule has 2 heteroatoms. The molecule has 0 aromatic carbocycles. The van der Waals surface area contributed by atoms with E-state index in [1.807, 2.05) is 6.08 Å². The Morgan fingerprint density at radius 3 is 2.92 bits per heavy atom. The summed E-state index contributed by atoms with van der Waals surface area (Å²) >= 11 is 0. The van der Waals surface area contributed by atoms with E-state index < -0.39 is 0 Å². The molecule has 0 fully saturated rings. The van der Waals surface area contributed by atoms with E-state index >= 15 is 0 Å². The maximum Gasteiger partial charge on any atom is 0.330 e. The molecule has 0 aliphatic carbocycles. The molecule has 0 N–H and O–H groups in total. The van der Waals surface area contributed by atoms with Crippen LogP contribution in [0.15, 0.2) is 24.8 Å². The average molecular weight is 168 g/mol. The highest BCUT2D eigenvalue weighted by atomic mass is 16.5. The minimum Gasteiger partial charge on any atom is -0.458 e. The predicted octanol–water partition coefficient (Wildman–Crippen LogP) is 2.46. The molecule has 0 spiro atoms. The van der Waals surface area contributed by atoms with E-state index in [1.54, 1.807) is 6.08 Å². The topological polar surface area (TPSA) is 26.3 Å². The summed E-state index contributed by atoms with van der Waals surface area (Å²) in [6.07, 6.45) is 8.07. The van der Waals surface area contributed by atoms with Crippen LogP contribution in [-0.4, -0.2) is 12.6 Å². The van der Waals surface area contributed by atoms with Gasteiger partial charge in [-0.1, -0.05) is 38.5 Å². The number of ether oxygens (including phenoxy) is 1. The number of allylic oxidation sites excluding steroid dienone is 1. The summed E-state index contributed by atoms with van der Waals surface area (Å²) in [7, 11) is 0. The Morgan fingerprint density at radius 2 is 2.33 bits per heavy atom. The fourth-order valence-corrected chi connectivity index (χ4v) is 0.691. The lowest BCUT2D eigenvalue weighted by molar-refractivity contribution is -0.136. The largest absolute Gasteiger partial charge is 0.458 e. The van der Waals surface area contributed by atoms with Crippen LogP contribution in [0, 0.1) is 0 Å². The molecule has 0 saturated carbocycles. The molecule has 68 valence electrons. The predicted molar refractivity (Wildman–Crippen MR) is 49.8 cm³/mol. The van der Waals surface area contributed by atoms with Gasteiger partial charge in [-0.3, -0.25) is 0 Å². The van der Waals surface area contributed by atoms with E-state index in [4.69, 9.17) is 4.74 Å². The summed E-state index contributed by atoms with van der Waals surface area (Å²) in [6.45, 7) is 5.84. The number of carbonyl (C=O) groups excluding carboxylic acids is 1. The van der Waals surface area contributed by atoms with Crippen molar-refractivity contribution in [1.82, 2.24) is 0 Å². The molecular formula is C10H16O2. The molecule has 0 rings (SSSR count). The van der Waals surface area contributed by atoms with E-state index in [2.05, 4.69) is 13.5 Å². The fourth-order valence-electron chi connectivity index (χ4n) is 0.691. The molecule has 2 nitrogen and oxygen atoms in total. The van der Waals surface area contributed by atoms with E-state index in [1.165, 1.54) is 6.08 Å². The van der Waals surface area contributed by atoms with E-state index in [-0.39, 0.29) is 12.6 Å². The second-order valence-electron chi connectivity index (χ2n) is 2.46. The Bertz CT molecular complexity index is 159. The number of unbranched alkanes of at least 4 members (excludes halogenated alkanes) is 2. The van der Waals surface area contributed by atoms with Crippen molar-refractivity contribution in [3.63, 3.8) is 0 Å². The molecule has 0 unspecified atom stereocenters. The van der Waals surface area contributed by atoms with Gasteiger partial charge in [0.2, 0.25) is 0 Å². The molecule has 0 aliphatic heterocycles. The van der Waals surface area contributed by atoms with Crippen LogP contribution >= 0.6 is 0 Å². The highest BCUT2D eigenvalue weighted by molar-refractivity contribution is 5.81. The Balaban J connectivity index is 3.40. The third kappa shape index (κ3) is 7.06. The zero-order valence-corrected chi connectivity index (χ0v) is 7.58. The van der Waals surface area contributed by atoms with Crippen molar-refractivity contribution in [2.45, 2.75) is 26.2 Å². The van der Waals surface area contributed by atoms with Crippen LogP contribution in [0.1, 0.15) is 26.2 Å². The molecular weight excluding hydrogens is 152 g/mol. The summed E-state index contributed by atoms with van der Waals surface area (Å²) < 4.78 is 4.73. The first-order valence-electron chi connectivity index (χ1n) is 4.25. The third-order valence-electron chi connectivity index (χ3n) is 1.32. The van der Waals surface area contributed by atoms with Crippen molar-refractivity contribution in [3.05, 3.63) is 24.8 Å². The quantitative estimate of drug-likeness (QED) is 0.263. The van der Waals surface area contributed by atoms with Crippen LogP contribution < -0.4 is 0 Å². The normalized spacial score (nSPS) is 10.1. The second-order valence-corrected chi connectivity index (χ2v) is 2.46. The Morgan fingerprint density at radius 1 is 1.58 bits per heavy atom. The van der Waals surface area contributed by atoms with Crippen molar-refractivity contribution in [2.75, 3.05) is 6.61 Å². The molecule has 0 heterocycles. The Kier molecular flexibility index (Phi) is 7.35. The zero-order valence-electron chi connectivity index (χ0n) is 7.58. The summed E-state index contributed by atoms with van der Waals surface area (Å²) in [5.74, 6) is -0.286. The van der Waals surface area contributed by atoms with Crippen LogP contribution in [0.5, 0.6) is 0 Å². The standard InChI is InChI=1S/C10H16O2/c1-3-5-6-7-8-10(11)12-9-4-2/h4,7-8H,2-3,5-6,9H2,1H3. The summed E-state index contributed by atoms with van der Waals surface area (Å²) in [5, 5.41) is 0. The van der Waals surface area contributed by atoms with Crippen molar-refractivity contribution in [3.8, 4) is 0 Å². The molecule has 0 bridgehead atoms. The number of hydrogen-bond acceptors (Lipinski definition) is 2. The van der Waals surface area contributed by atoms with Gasteiger partial charge >= 0.3 is 5.97 Å². The highest BCUT2D eigenvalue weighted by Crippen LogP contribution is 1.95. The van der Waals surface area contributed by atoms with E-state index in [9.17, 15) is 4.79 Å². The smallest absolute Gasteiger partial charge is 0.330 e.